The smallest absolute Gasteiger partial charge is 0.317 e. The number of nitrogens with one attached hydrogen (secondary N) is 2. The van der Waals surface area contributed by atoms with Crippen LogP contribution in [-0.2, 0) is 22.3 Å². The standard InChI is InChI=1S/C21H28FN3O3S/c1-15(2)24-29(27,28)14-19-8-6-5-7-18(19)13-23-21(26)25(4)16(3)17-9-11-20(22)12-10-17/h5-12,15-16,24H,13-14H2,1-4H3,(H,23,26)/t16-/m0/s1. The lowest BCUT2D eigenvalue weighted by atomic mass is 10.1. The fraction of sp³-hybridized carbons (Fsp3) is 0.381. The monoisotopic (exact) mass is 421 g/mol. The maximum absolute atomic E-state index is 13.1. The van der Waals surface area contributed by atoms with Crippen molar-refractivity contribution in [1.82, 2.24) is 14.9 Å². The molecule has 0 saturated carbocycles. The van der Waals surface area contributed by atoms with Crippen LogP contribution in [0.15, 0.2) is 48.5 Å². The summed E-state index contributed by atoms with van der Waals surface area (Å²) in [6.07, 6.45) is 0. The van der Waals surface area contributed by atoms with Crippen LogP contribution < -0.4 is 10.0 Å². The highest BCUT2D eigenvalue weighted by atomic mass is 32.2. The molecule has 6 nitrogen and oxygen atoms in total. The summed E-state index contributed by atoms with van der Waals surface area (Å²) in [5.74, 6) is -0.481. The third-order valence-corrected chi connectivity index (χ3v) is 6.08. The molecule has 0 aliphatic carbocycles. The number of hydrogen-bond acceptors (Lipinski definition) is 3. The quantitative estimate of drug-likeness (QED) is 0.684. The zero-order valence-electron chi connectivity index (χ0n) is 17.1. The number of hydrogen-bond donors (Lipinski definition) is 2. The van der Waals surface area contributed by atoms with E-state index in [0.717, 1.165) is 11.1 Å². The van der Waals surface area contributed by atoms with E-state index in [-0.39, 0.29) is 36.2 Å². The van der Waals surface area contributed by atoms with Crippen molar-refractivity contribution in [3.63, 3.8) is 0 Å². The van der Waals surface area contributed by atoms with Crippen molar-refractivity contribution in [3.05, 3.63) is 71.0 Å². The molecule has 2 aromatic rings. The van der Waals surface area contributed by atoms with Crippen molar-refractivity contribution in [2.24, 2.45) is 0 Å². The zero-order valence-corrected chi connectivity index (χ0v) is 18.0. The first-order chi connectivity index (χ1) is 13.6. The Balaban J connectivity index is 2.04. The molecule has 0 unspecified atom stereocenters. The van der Waals surface area contributed by atoms with Gasteiger partial charge in [-0.2, -0.15) is 0 Å². The lowest BCUT2D eigenvalue weighted by Gasteiger charge is -2.26. The van der Waals surface area contributed by atoms with E-state index in [1.165, 1.54) is 17.0 Å². The molecule has 2 rings (SSSR count). The highest BCUT2D eigenvalue weighted by Gasteiger charge is 2.19. The van der Waals surface area contributed by atoms with Gasteiger partial charge in [-0.3, -0.25) is 0 Å². The normalized spacial score (nSPS) is 12.6. The first-order valence-electron chi connectivity index (χ1n) is 9.42. The number of benzene rings is 2. The third kappa shape index (κ3) is 6.83. The van der Waals surface area contributed by atoms with Crippen LogP contribution >= 0.6 is 0 Å². The minimum absolute atomic E-state index is 0.154. The maximum Gasteiger partial charge on any atom is 0.317 e. The van der Waals surface area contributed by atoms with E-state index in [1.807, 2.05) is 6.92 Å². The number of nitrogens with zero attached hydrogens (tertiary/aromatic N) is 1. The Labute approximate surface area is 172 Å². The van der Waals surface area contributed by atoms with E-state index in [0.29, 0.717) is 5.56 Å². The minimum atomic E-state index is -3.47. The molecule has 2 aromatic carbocycles. The molecule has 0 bridgehead atoms. The van der Waals surface area contributed by atoms with Gasteiger partial charge < -0.3 is 10.2 Å². The van der Waals surface area contributed by atoms with E-state index in [4.69, 9.17) is 0 Å². The molecule has 2 N–H and O–H groups in total. The summed E-state index contributed by atoms with van der Waals surface area (Å²) in [5, 5.41) is 2.83. The van der Waals surface area contributed by atoms with Crippen LogP contribution in [0.5, 0.6) is 0 Å². The molecule has 0 saturated heterocycles. The molecule has 1 atom stereocenters. The van der Waals surface area contributed by atoms with Crippen LogP contribution in [0.1, 0.15) is 43.5 Å². The first-order valence-corrected chi connectivity index (χ1v) is 11.1. The lowest BCUT2D eigenvalue weighted by molar-refractivity contribution is 0.194. The van der Waals surface area contributed by atoms with Gasteiger partial charge >= 0.3 is 6.03 Å². The minimum Gasteiger partial charge on any atom is -0.334 e. The fourth-order valence-corrected chi connectivity index (χ4v) is 4.41. The number of sulfonamides is 1. The second-order valence-corrected chi connectivity index (χ2v) is 9.05. The summed E-state index contributed by atoms with van der Waals surface area (Å²) in [7, 11) is -1.81. The van der Waals surface area contributed by atoms with Gasteiger partial charge in [0.25, 0.3) is 0 Å². The van der Waals surface area contributed by atoms with Crippen molar-refractivity contribution in [1.29, 1.82) is 0 Å². The summed E-state index contributed by atoms with van der Waals surface area (Å²) < 4.78 is 40.2. The number of rotatable bonds is 8. The summed E-state index contributed by atoms with van der Waals surface area (Å²) in [5.41, 5.74) is 2.18. The van der Waals surface area contributed by atoms with Crippen LogP contribution in [-0.4, -0.2) is 32.4 Å². The highest BCUT2D eigenvalue weighted by Crippen LogP contribution is 2.19. The van der Waals surface area contributed by atoms with Crippen molar-refractivity contribution in [2.75, 3.05) is 7.05 Å². The molecule has 0 heterocycles. The Hall–Kier alpha value is -2.45. The third-order valence-electron chi connectivity index (χ3n) is 4.56. The van der Waals surface area contributed by atoms with Gasteiger partial charge in [-0.25, -0.2) is 22.3 Å². The molecule has 0 spiro atoms. The maximum atomic E-state index is 13.1. The number of carbonyl (C=O) groups is 1. The molecule has 0 aliphatic rings. The molecule has 0 fully saturated rings. The molecular formula is C21H28FN3O3S. The largest absolute Gasteiger partial charge is 0.334 e. The average molecular weight is 422 g/mol. The van der Waals surface area contributed by atoms with E-state index in [2.05, 4.69) is 10.0 Å². The average Bonchev–Trinajstić information content (AvgIpc) is 2.65. The van der Waals surface area contributed by atoms with Crippen LogP contribution in [0, 0.1) is 5.82 Å². The van der Waals surface area contributed by atoms with Gasteiger partial charge in [-0.15, -0.1) is 0 Å². The van der Waals surface area contributed by atoms with E-state index >= 15 is 0 Å². The second-order valence-electron chi connectivity index (χ2n) is 7.30. The molecular weight excluding hydrogens is 393 g/mol. The van der Waals surface area contributed by atoms with E-state index in [9.17, 15) is 17.6 Å². The Morgan fingerprint density at radius 3 is 2.21 bits per heavy atom. The van der Waals surface area contributed by atoms with Crippen LogP contribution in [0.2, 0.25) is 0 Å². The van der Waals surface area contributed by atoms with E-state index in [1.54, 1.807) is 57.3 Å². The van der Waals surface area contributed by atoms with Gasteiger partial charge in [0.2, 0.25) is 10.0 Å². The molecule has 2 amide bonds. The van der Waals surface area contributed by atoms with Crippen molar-refractivity contribution in [3.8, 4) is 0 Å². The summed E-state index contributed by atoms with van der Waals surface area (Å²) in [6.45, 7) is 5.58. The Morgan fingerprint density at radius 1 is 1.03 bits per heavy atom. The van der Waals surface area contributed by atoms with Gasteiger partial charge in [-0.1, -0.05) is 36.4 Å². The van der Waals surface area contributed by atoms with Crippen molar-refractivity contribution in [2.45, 2.75) is 45.2 Å². The number of carbonyl (C=O) groups excluding carboxylic acids is 1. The first kappa shape index (κ1) is 22.8. The van der Waals surface area contributed by atoms with E-state index < -0.39 is 10.0 Å². The zero-order chi connectivity index (χ0) is 21.6. The summed E-state index contributed by atoms with van der Waals surface area (Å²) in [6, 6.07) is 12.4. The van der Waals surface area contributed by atoms with Gasteiger partial charge in [0.1, 0.15) is 5.82 Å². The van der Waals surface area contributed by atoms with Crippen molar-refractivity contribution >= 4 is 16.1 Å². The van der Waals surface area contributed by atoms with Crippen LogP contribution in [0.4, 0.5) is 9.18 Å². The van der Waals surface area contributed by atoms with Gasteiger partial charge in [-0.05, 0) is 49.6 Å². The van der Waals surface area contributed by atoms with Crippen LogP contribution in [0.3, 0.4) is 0 Å². The molecule has 8 heteroatoms. The number of urea groups is 1. The fourth-order valence-electron chi connectivity index (χ4n) is 2.91. The van der Waals surface area contributed by atoms with Gasteiger partial charge in [0.05, 0.1) is 11.8 Å². The van der Waals surface area contributed by atoms with Crippen molar-refractivity contribution < 1.29 is 17.6 Å². The SMILES string of the molecule is CC(C)NS(=O)(=O)Cc1ccccc1CNC(=O)N(C)[C@@H](C)c1ccc(F)cc1. The summed E-state index contributed by atoms with van der Waals surface area (Å²) >= 11 is 0. The second kappa shape index (κ2) is 9.84. The molecule has 29 heavy (non-hydrogen) atoms. The Bertz CT molecular complexity index is 930. The topological polar surface area (TPSA) is 78.5 Å². The lowest BCUT2D eigenvalue weighted by Crippen LogP contribution is -2.38. The number of halogens is 1. The molecule has 158 valence electrons. The Morgan fingerprint density at radius 2 is 1.62 bits per heavy atom. The number of amides is 2. The molecule has 0 aliphatic heterocycles. The Kier molecular flexibility index (Phi) is 7.75. The molecule has 0 radical (unpaired) electrons. The summed E-state index contributed by atoms with van der Waals surface area (Å²) in [4.78, 5) is 14.1. The molecule has 0 aromatic heterocycles. The predicted octanol–water partition coefficient (Wildman–Crippen LogP) is 3.56. The van der Waals surface area contributed by atoms with Gasteiger partial charge in [0, 0.05) is 19.6 Å². The van der Waals surface area contributed by atoms with Crippen LogP contribution in [0.25, 0.3) is 0 Å². The highest BCUT2D eigenvalue weighted by molar-refractivity contribution is 7.88. The van der Waals surface area contributed by atoms with Gasteiger partial charge in [0.15, 0.2) is 0 Å². The predicted molar refractivity (Wildman–Crippen MR) is 112 cm³/mol.